The summed E-state index contributed by atoms with van der Waals surface area (Å²) in [5.41, 5.74) is 0.923. The Morgan fingerprint density at radius 2 is 1.88 bits per heavy atom. The van der Waals surface area contributed by atoms with E-state index in [4.69, 9.17) is 23.2 Å². The molecule has 1 heterocycles. The van der Waals surface area contributed by atoms with Gasteiger partial charge in [-0.1, -0.05) is 23.2 Å². The van der Waals surface area contributed by atoms with Gasteiger partial charge in [0.15, 0.2) is 0 Å². The number of halogens is 5. The van der Waals surface area contributed by atoms with E-state index in [1.54, 1.807) is 28.9 Å². The van der Waals surface area contributed by atoms with Gasteiger partial charge in [-0.2, -0.15) is 13.2 Å². The maximum absolute atomic E-state index is 12.4. The average molecular weight is 427 g/mol. The standard InChI is InChI=1S/C15H11Cl2F3N2O3S/c1-25-13(23)11(22-14(24)15(18,19)20)5-10-6-26-12(21-10)7-2-8(16)4-9(17)3-7/h2-4,6,11H,5H2,1H3,(H,22,24). The molecule has 2 rings (SSSR count). The second-order valence-corrected chi connectivity index (χ2v) is 6.78. The summed E-state index contributed by atoms with van der Waals surface area (Å²) in [7, 11) is 1.01. The highest BCUT2D eigenvalue weighted by molar-refractivity contribution is 7.13. The van der Waals surface area contributed by atoms with E-state index >= 15 is 0 Å². The zero-order chi connectivity index (χ0) is 19.5. The Hall–Kier alpha value is -1.84. The number of hydrogen-bond acceptors (Lipinski definition) is 5. The number of amides is 1. The van der Waals surface area contributed by atoms with Crippen molar-refractivity contribution < 1.29 is 27.5 Å². The molecule has 0 bridgehead atoms. The molecule has 0 spiro atoms. The van der Waals surface area contributed by atoms with Crippen LogP contribution in [0.1, 0.15) is 5.69 Å². The number of carbonyl (C=O) groups excluding carboxylic acids is 2. The summed E-state index contributed by atoms with van der Waals surface area (Å²) >= 11 is 13.0. The number of alkyl halides is 3. The highest BCUT2D eigenvalue weighted by Gasteiger charge is 2.41. The minimum Gasteiger partial charge on any atom is -0.467 e. The number of benzene rings is 1. The number of aromatic nitrogens is 1. The van der Waals surface area contributed by atoms with E-state index in [9.17, 15) is 22.8 Å². The van der Waals surface area contributed by atoms with Gasteiger partial charge < -0.3 is 10.1 Å². The first kappa shape index (κ1) is 20.5. The molecule has 0 radical (unpaired) electrons. The van der Waals surface area contributed by atoms with Crippen LogP contribution in [0, 0.1) is 0 Å². The second kappa shape index (κ2) is 8.24. The average Bonchev–Trinajstić information content (AvgIpc) is 3.00. The Kier molecular flexibility index (Phi) is 6.48. The monoisotopic (exact) mass is 426 g/mol. The second-order valence-electron chi connectivity index (χ2n) is 5.05. The predicted molar refractivity (Wildman–Crippen MR) is 91.3 cm³/mol. The van der Waals surface area contributed by atoms with Crippen LogP contribution < -0.4 is 5.32 Å². The maximum Gasteiger partial charge on any atom is 0.471 e. The third-order valence-electron chi connectivity index (χ3n) is 3.12. The van der Waals surface area contributed by atoms with Gasteiger partial charge in [-0.15, -0.1) is 11.3 Å². The summed E-state index contributed by atoms with van der Waals surface area (Å²) in [6.45, 7) is 0. The van der Waals surface area contributed by atoms with Gasteiger partial charge in [0.1, 0.15) is 11.0 Å². The van der Waals surface area contributed by atoms with E-state index in [2.05, 4.69) is 9.72 Å². The molecule has 0 saturated heterocycles. The molecular weight excluding hydrogens is 416 g/mol. The molecule has 0 aliphatic heterocycles. The van der Waals surface area contributed by atoms with Crippen LogP contribution >= 0.6 is 34.5 Å². The summed E-state index contributed by atoms with van der Waals surface area (Å²) in [5.74, 6) is -3.24. The molecule has 1 atom stereocenters. The zero-order valence-electron chi connectivity index (χ0n) is 13.1. The number of nitrogens with zero attached hydrogens (tertiary/aromatic N) is 1. The van der Waals surface area contributed by atoms with Crippen LogP contribution in [-0.4, -0.2) is 36.2 Å². The fourth-order valence-electron chi connectivity index (χ4n) is 2.00. The molecule has 0 saturated carbocycles. The third kappa shape index (κ3) is 5.33. The van der Waals surface area contributed by atoms with Crippen LogP contribution in [0.4, 0.5) is 13.2 Å². The molecule has 5 nitrogen and oxygen atoms in total. The molecule has 1 aromatic heterocycles. The van der Waals surface area contributed by atoms with E-state index in [1.807, 2.05) is 0 Å². The Morgan fingerprint density at radius 1 is 1.27 bits per heavy atom. The van der Waals surface area contributed by atoms with Crippen molar-refractivity contribution in [3.63, 3.8) is 0 Å². The van der Waals surface area contributed by atoms with Gasteiger partial charge in [0.05, 0.1) is 12.8 Å². The van der Waals surface area contributed by atoms with Gasteiger partial charge in [-0.25, -0.2) is 9.78 Å². The maximum atomic E-state index is 12.4. The lowest BCUT2D eigenvalue weighted by Gasteiger charge is -2.16. The Balaban J connectivity index is 2.20. The lowest BCUT2D eigenvalue weighted by molar-refractivity contribution is -0.175. The summed E-state index contributed by atoms with van der Waals surface area (Å²) in [6, 6.07) is 3.27. The van der Waals surface area contributed by atoms with Crippen LogP contribution in [0.25, 0.3) is 10.6 Å². The Labute approximate surface area is 160 Å². The molecule has 0 aliphatic carbocycles. The van der Waals surface area contributed by atoms with E-state index in [-0.39, 0.29) is 6.42 Å². The number of ether oxygens (including phenoxy) is 1. The van der Waals surface area contributed by atoms with Crippen molar-refractivity contribution in [1.82, 2.24) is 10.3 Å². The molecular formula is C15H11Cl2F3N2O3S. The van der Waals surface area contributed by atoms with Crippen LogP contribution in [-0.2, 0) is 20.7 Å². The van der Waals surface area contributed by atoms with Crippen molar-refractivity contribution in [3.05, 3.63) is 39.3 Å². The van der Waals surface area contributed by atoms with Gasteiger partial charge in [0, 0.05) is 27.4 Å². The van der Waals surface area contributed by atoms with Crippen LogP contribution in [0.3, 0.4) is 0 Å². The number of nitrogens with one attached hydrogen (secondary N) is 1. The number of carbonyl (C=O) groups is 2. The highest BCUT2D eigenvalue weighted by atomic mass is 35.5. The smallest absolute Gasteiger partial charge is 0.467 e. The van der Waals surface area contributed by atoms with Crippen LogP contribution in [0.15, 0.2) is 23.6 Å². The molecule has 1 N–H and O–H groups in total. The Morgan fingerprint density at radius 3 is 2.42 bits per heavy atom. The highest BCUT2D eigenvalue weighted by Crippen LogP contribution is 2.29. The summed E-state index contributed by atoms with van der Waals surface area (Å²) in [6.07, 6.45) is -5.38. The molecule has 1 unspecified atom stereocenters. The van der Waals surface area contributed by atoms with E-state index in [0.717, 1.165) is 7.11 Å². The fraction of sp³-hybridized carbons (Fsp3) is 0.267. The number of hydrogen-bond donors (Lipinski definition) is 1. The molecule has 11 heteroatoms. The minimum atomic E-state index is -5.11. The van der Waals surface area contributed by atoms with E-state index in [1.165, 1.54) is 11.3 Å². The first-order valence-corrected chi connectivity index (χ1v) is 8.60. The molecule has 2 aromatic rings. The van der Waals surface area contributed by atoms with E-state index in [0.29, 0.717) is 26.3 Å². The predicted octanol–water partition coefficient (Wildman–Crippen LogP) is 3.88. The van der Waals surface area contributed by atoms with Crippen molar-refractivity contribution in [3.8, 4) is 10.6 Å². The Bertz CT molecular complexity index is 806. The normalized spacial score (nSPS) is 12.5. The lowest BCUT2D eigenvalue weighted by Crippen LogP contribution is -2.48. The number of rotatable bonds is 5. The quantitative estimate of drug-likeness (QED) is 0.736. The van der Waals surface area contributed by atoms with Crippen molar-refractivity contribution in [1.29, 1.82) is 0 Å². The molecule has 1 amide bonds. The lowest BCUT2D eigenvalue weighted by atomic mass is 10.1. The molecule has 0 fully saturated rings. The first-order chi connectivity index (χ1) is 12.1. The number of thiazole rings is 1. The largest absolute Gasteiger partial charge is 0.471 e. The number of methoxy groups -OCH3 is 1. The summed E-state index contributed by atoms with van der Waals surface area (Å²) in [5, 5.41) is 4.47. The van der Waals surface area contributed by atoms with Gasteiger partial charge in [0.25, 0.3) is 0 Å². The van der Waals surface area contributed by atoms with Gasteiger partial charge in [-0.05, 0) is 18.2 Å². The van der Waals surface area contributed by atoms with E-state index < -0.39 is 24.1 Å². The van der Waals surface area contributed by atoms with Gasteiger partial charge in [-0.3, -0.25) is 4.79 Å². The molecule has 1 aromatic carbocycles. The van der Waals surface area contributed by atoms with Crippen LogP contribution in [0.5, 0.6) is 0 Å². The van der Waals surface area contributed by atoms with Crippen LogP contribution in [0.2, 0.25) is 10.0 Å². The molecule has 26 heavy (non-hydrogen) atoms. The van der Waals surface area contributed by atoms with Crippen molar-refractivity contribution in [2.75, 3.05) is 7.11 Å². The minimum absolute atomic E-state index is 0.265. The molecule has 140 valence electrons. The van der Waals surface area contributed by atoms with Crippen molar-refractivity contribution in [2.24, 2.45) is 0 Å². The van der Waals surface area contributed by atoms with Crippen molar-refractivity contribution in [2.45, 2.75) is 18.6 Å². The molecule has 0 aliphatic rings. The summed E-state index contributed by atoms with van der Waals surface area (Å²) < 4.78 is 41.7. The number of esters is 1. The zero-order valence-corrected chi connectivity index (χ0v) is 15.4. The van der Waals surface area contributed by atoms with Gasteiger partial charge >= 0.3 is 18.1 Å². The SMILES string of the molecule is COC(=O)C(Cc1csc(-c2cc(Cl)cc(Cl)c2)n1)NC(=O)C(F)(F)F. The van der Waals surface area contributed by atoms with Gasteiger partial charge in [0.2, 0.25) is 0 Å². The van der Waals surface area contributed by atoms with Crippen molar-refractivity contribution >= 4 is 46.4 Å². The summed E-state index contributed by atoms with van der Waals surface area (Å²) in [4.78, 5) is 27.0. The third-order valence-corrected chi connectivity index (χ3v) is 4.50. The topological polar surface area (TPSA) is 68.3 Å². The fourth-order valence-corrected chi connectivity index (χ4v) is 3.34. The first-order valence-electron chi connectivity index (χ1n) is 6.96.